The lowest BCUT2D eigenvalue weighted by atomic mass is 9.74. The van der Waals surface area contributed by atoms with Crippen LogP contribution in [0.1, 0.15) is 44.6 Å². The van der Waals surface area contributed by atoms with Gasteiger partial charge in [0, 0.05) is 17.8 Å². The highest BCUT2D eigenvalue weighted by Gasteiger charge is 2.40. The van der Waals surface area contributed by atoms with E-state index in [9.17, 15) is 9.59 Å². The molecule has 6 heteroatoms. The number of aryl methyl sites for hydroxylation is 1. The molecule has 3 rings (SSSR count). The molecule has 3 N–H and O–H groups in total. The van der Waals surface area contributed by atoms with Crippen LogP contribution < -0.4 is 16.0 Å². The Hall–Kier alpha value is -1.59. The molecule has 1 aromatic carbocycles. The first kappa shape index (κ1) is 19.7. The molecule has 2 aliphatic rings. The average molecular weight is 366 g/mol. The fourth-order valence-corrected chi connectivity index (χ4v) is 3.86. The first-order chi connectivity index (χ1) is 11.4. The molecule has 1 saturated carbocycles. The maximum absolute atomic E-state index is 12.7. The number of carbonyl (C=O) groups excluding carboxylic acids is 2. The number of rotatable bonds is 3. The van der Waals surface area contributed by atoms with E-state index in [0.717, 1.165) is 36.9 Å². The van der Waals surface area contributed by atoms with Crippen LogP contribution in [-0.4, -0.2) is 29.9 Å². The van der Waals surface area contributed by atoms with Gasteiger partial charge in [-0.25, -0.2) is 0 Å². The van der Waals surface area contributed by atoms with Gasteiger partial charge in [0.05, 0.1) is 5.92 Å². The second-order valence-electron chi connectivity index (χ2n) is 7.48. The first-order valence-corrected chi connectivity index (χ1v) is 8.86. The molecule has 0 spiro atoms. The molecule has 138 valence electrons. The molecule has 3 unspecified atom stereocenters. The van der Waals surface area contributed by atoms with Gasteiger partial charge in [0.15, 0.2) is 0 Å². The molecule has 2 fully saturated rings. The zero-order valence-corrected chi connectivity index (χ0v) is 15.8. The van der Waals surface area contributed by atoms with Crippen LogP contribution in [0, 0.1) is 12.8 Å². The van der Waals surface area contributed by atoms with Gasteiger partial charge >= 0.3 is 0 Å². The van der Waals surface area contributed by atoms with Crippen molar-refractivity contribution in [2.75, 3.05) is 11.4 Å². The lowest BCUT2D eigenvalue weighted by Crippen LogP contribution is -2.55. The van der Waals surface area contributed by atoms with E-state index < -0.39 is 11.6 Å². The second-order valence-corrected chi connectivity index (χ2v) is 7.48. The van der Waals surface area contributed by atoms with Gasteiger partial charge in [0.25, 0.3) is 0 Å². The summed E-state index contributed by atoms with van der Waals surface area (Å²) in [6.45, 7) is 4.61. The molecule has 3 atom stereocenters. The maximum Gasteiger partial charge on any atom is 0.249 e. The van der Waals surface area contributed by atoms with Crippen LogP contribution in [0.2, 0.25) is 0 Å². The Bertz CT molecular complexity index is 630. The van der Waals surface area contributed by atoms with Crippen LogP contribution in [-0.2, 0) is 9.59 Å². The van der Waals surface area contributed by atoms with Crippen molar-refractivity contribution in [1.82, 2.24) is 5.32 Å². The lowest BCUT2D eigenvalue weighted by molar-refractivity contribution is -0.131. The standard InChI is InChI=1S/C19H27N3O2.ClH/c1-13-6-8-14(9-7-13)22-12-10-16(18(22)24)21-17(23)15-5-3-4-11-19(15,2)20;/h6-9,15-16H,3-5,10-12,20H2,1-2H3,(H,21,23);1H. The van der Waals surface area contributed by atoms with Crippen molar-refractivity contribution in [2.45, 2.75) is 57.5 Å². The molecule has 0 bridgehead atoms. The minimum absolute atomic E-state index is 0. The molecule has 1 heterocycles. The molecule has 25 heavy (non-hydrogen) atoms. The zero-order chi connectivity index (χ0) is 17.3. The number of nitrogens with two attached hydrogens (primary N) is 1. The summed E-state index contributed by atoms with van der Waals surface area (Å²) in [5, 5.41) is 2.95. The fraction of sp³-hybridized carbons (Fsp3) is 0.579. The molecule has 1 aliphatic heterocycles. The molecule has 2 amide bonds. The van der Waals surface area contributed by atoms with Crippen molar-refractivity contribution in [1.29, 1.82) is 0 Å². The quantitative estimate of drug-likeness (QED) is 0.864. The van der Waals surface area contributed by atoms with Crippen molar-refractivity contribution < 1.29 is 9.59 Å². The van der Waals surface area contributed by atoms with Gasteiger partial charge < -0.3 is 16.0 Å². The Morgan fingerprint density at radius 1 is 1.24 bits per heavy atom. The van der Waals surface area contributed by atoms with Crippen molar-refractivity contribution in [3.63, 3.8) is 0 Å². The third-order valence-electron chi connectivity index (χ3n) is 5.44. The Labute approximate surface area is 155 Å². The Morgan fingerprint density at radius 2 is 1.92 bits per heavy atom. The summed E-state index contributed by atoms with van der Waals surface area (Å²) < 4.78 is 0. The largest absolute Gasteiger partial charge is 0.344 e. The van der Waals surface area contributed by atoms with E-state index in [4.69, 9.17) is 5.73 Å². The van der Waals surface area contributed by atoms with E-state index in [1.807, 2.05) is 38.1 Å². The van der Waals surface area contributed by atoms with Gasteiger partial charge in [0.1, 0.15) is 6.04 Å². The average Bonchev–Trinajstić information content (AvgIpc) is 2.88. The van der Waals surface area contributed by atoms with Gasteiger partial charge in [-0.2, -0.15) is 0 Å². The van der Waals surface area contributed by atoms with Crippen LogP contribution in [0.5, 0.6) is 0 Å². The van der Waals surface area contributed by atoms with Gasteiger partial charge in [-0.1, -0.05) is 30.5 Å². The van der Waals surface area contributed by atoms with Crippen LogP contribution >= 0.6 is 12.4 Å². The number of hydrogen-bond acceptors (Lipinski definition) is 3. The van der Waals surface area contributed by atoms with Gasteiger partial charge in [-0.15, -0.1) is 12.4 Å². The number of amides is 2. The highest BCUT2D eigenvalue weighted by Crippen LogP contribution is 2.32. The summed E-state index contributed by atoms with van der Waals surface area (Å²) in [6, 6.07) is 7.47. The first-order valence-electron chi connectivity index (χ1n) is 8.86. The minimum Gasteiger partial charge on any atom is -0.344 e. The Morgan fingerprint density at radius 3 is 2.56 bits per heavy atom. The predicted molar refractivity (Wildman–Crippen MR) is 102 cm³/mol. The SMILES string of the molecule is Cc1ccc(N2CCC(NC(=O)C3CCCCC3(C)N)C2=O)cc1.Cl. The van der Waals surface area contributed by atoms with E-state index in [1.165, 1.54) is 0 Å². The van der Waals surface area contributed by atoms with Crippen molar-refractivity contribution in [3.8, 4) is 0 Å². The van der Waals surface area contributed by atoms with E-state index >= 15 is 0 Å². The van der Waals surface area contributed by atoms with Crippen molar-refractivity contribution in [3.05, 3.63) is 29.8 Å². The third kappa shape index (κ3) is 4.15. The van der Waals surface area contributed by atoms with E-state index in [0.29, 0.717) is 13.0 Å². The lowest BCUT2D eigenvalue weighted by Gasteiger charge is -2.37. The van der Waals surface area contributed by atoms with E-state index in [2.05, 4.69) is 5.32 Å². The molecule has 0 aromatic heterocycles. The normalized spacial score (nSPS) is 29.2. The number of benzene rings is 1. The Balaban J connectivity index is 0.00000225. The van der Waals surface area contributed by atoms with Crippen molar-refractivity contribution >= 4 is 29.9 Å². The second kappa shape index (κ2) is 7.75. The summed E-state index contributed by atoms with van der Waals surface area (Å²) in [4.78, 5) is 27.0. The minimum atomic E-state index is -0.472. The number of nitrogens with zero attached hydrogens (tertiary/aromatic N) is 1. The van der Waals surface area contributed by atoms with Crippen LogP contribution in [0.4, 0.5) is 5.69 Å². The van der Waals surface area contributed by atoms with Crippen LogP contribution in [0.3, 0.4) is 0 Å². The van der Waals surface area contributed by atoms with Crippen LogP contribution in [0.15, 0.2) is 24.3 Å². The van der Waals surface area contributed by atoms with Crippen LogP contribution in [0.25, 0.3) is 0 Å². The number of halogens is 1. The summed E-state index contributed by atoms with van der Waals surface area (Å²) >= 11 is 0. The number of anilines is 1. The third-order valence-corrected chi connectivity index (χ3v) is 5.44. The van der Waals surface area contributed by atoms with Gasteiger partial charge in [-0.3, -0.25) is 9.59 Å². The van der Waals surface area contributed by atoms with E-state index in [-0.39, 0.29) is 30.1 Å². The topological polar surface area (TPSA) is 75.4 Å². The number of carbonyl (C=O) groups is 2. The molecule has 5 nitrogen and oxygen atoms in total. The number of nitrogens with one attached hydrogen (secondary N) is 1. The van der Waals surface area contributed by atoms with Crippen molar-refractivity contribution in [2.24, 2.45) is 11.7 Å². The maximum atomic E-state index is 12.7. The highest BCUT2D eigenvalue weighted by atomic mass is 35.5. The Kier molecular flexibility index (Phi) is 6.12. The number of hydrogen-bond donors (Lipinski definition) is 2. The van der Waals surface area contributed by atoms with Gasteiger partial charge in [0.2, 0.25) is 11.8 Å². The molecular formula is C19H28ClN3O2. The smallest absolute Gasteiger partial charge is 0.249 e. The molecule has 1 saturated heterocycles. The highest BCUT2D eigenvalue weighted by molar-refractivity contribution is 6.01. The summed E-state index contributed by atoms with van der Waals surface area (Å²) in [5.74, 6) is -0.294. The van der Waals surface area contributed by atoms with E-state index in [1.54, 1.807) is 4.90 Å². The monoisotopic (exact) mass is 365 g/mol. The predicted octanol–water partition coefficient (Wildman–Crippen LogP) is 2.55. The zero-order valence-electron chi connectivity index (χ0n) is 15.0. The molecule has 1 aromatic rings. The summed E-state index contributed by atoms with van der Waals surface area (Å²) in [7, 11) is 0. The molecule has 1 aliphatic carbocycles. The molecule has 0 radical (unpaired) electrons. The van der Waals surface area contributed by atoms with Gasteiger partial charge in [-0.05, 0) is 45.2 Å². The summed E-state index contributed by atoms with van der Waals surface area (Å²) in [6.07, 6.45) is 4.41. The molecular weight excluding hydrogens is 338 g/mol. The summed E-state index contributed by atoms with van der Waals surface area (Å²) in [5.41, 5.74) is 7.89. The fourth-order valence-electron chi connectivity index (χ4n) is 3.86.